The van der Waals surface area contributed by atoms with Crippen LogP contribution in [0.1, 0.15) is 34.3 Å². The predicted molar refractivity (Wildman–Crippen MR) is 107 cm³/mol. The number of aryl methyl sites for hydroxylation is 1. The number of piperidine rings is 1. The zero-order valence-electron chi connectivity index (χ0n) is 15.7. The molecule has 28 heavy (non-hydrogen) atoms. The summed E-state index contributed by atoms with van der Waals surface area (Å²) in [5, 5.41) is 3.24. The van der Waals surface area contributed by atoms with Crippen LogP contribution < -0.4 is 5.32 Å². The van der Waals surface area contributed by atoms with Crippen LogP contribution >= 0.6 is 15.9 Å². The molecule has 0 aliphatic carbocycles. The molecule has 2 aromatic rings. The van der Waals surface area contributed by atoms with Crippen molar-refractivity contribution in [2.45, 2.75) is 32.0 Å². The summed E-state index contributed by atoms with van der Waals surface area (Å²) in [7, 11) is 1.67. The van der Waals surface area contributed by atoms with Crippen LogP contribution in [0.5, 0.6) is 0 Å². The normalized spacial score (nSPS) is 15.5. The molecule has 1 amide bonds. The number of nitrogens with one attached hydrogen (secondary N) is 1. The second-order valence-electron chi connectivity index (χ2n) is 7.15. The zero-order chi connectivity index (χ0) is 20.5. The largest absolute Gasteiger partial charge is 0.416 e. The summed E-state index contributed by atoms with van der Waals surface area (Å²) >= 11 is 3.28. The highest BCUT2D eigenvalue weighted by molar-refractivity contribution is 9.10. The molecule has 3 rings (SSSR count). The van der Waals surface area contributed by atoms with Crippen molar-refractivity contribution in [2.75, 3.05) is 20.1 Å². The van der Waals surface area contributed by atoms with Crippen molar-refractivity contribution < 1.29 is 18.0 Å². The van der Waals surface area contributed by atoms with E-state index in [0.29, 0.717) is 11.1 Å². The Hall–Kier alpha value is -1.86. The summed E-state index contributed by atoms with van der Waals surface area (Å²) in [5.74, 6) is -0.393. The molecule has 1 heterocycles. The molecule has 150 valence electrons. The fraction of sp³-hybridized carbons (Fsp3) is 0.381. The van der Waals surface area contributed by atoms with Crippen molar-refractivity contribution in [3.8, 4) is 11.1 Å². The fourth-order valence-electron chi connectivity index (χ4n) is 3.58. The molecule has 1 N–H and O–H groups in total. The van der Waals surface area contributed by atoms with E-state index in [0.717, 1.165) is 43.6 Å². The van der Waals surface area contributed by atoms with E-state index >= 15 is 0 Å². The van der Waals surface area contributed by atoms with E-state index in [1.165, 1.54) is 0 Å². The highest BCUT2D eigenvalue weighted by atomic mass is 79.9. The summed E-state index contributed by atoms with van der Waals surface area (Å²) in [6.45, 7) is 3.49. The van der Waals surface area contributed by atoms with Crippen molar-refractivity contribution in [3.63, 3.8) is 0 Å². The monoisotopic (exact) mass is 454 g/mol. The van der Waals surface area contributed by atoms with Gasteiger partial charge in [-0.15, -0.1) is 0 Å². The van der Waals surface area contributed by atoms with Gasteiger partial charge in [0.25, 0.3) is 5.91 Å². The molecular weight excluding hydrogens is 433 g/mol. The number of halogens is 4. The Labute approximate surface area is 171 Å². The van der Waals surface area contributed by atoms with Crippen LogP contribution in [0.3, 0.4) is 0 Å². The number of carbonyl (C=O) groups excluding carboxylic acids is 1. The van der Waals surface area contributed by atoms with Gasteiger partial charge in [0.2, 0.25) is 0 Å². The predicted octanol–water partition coefficient (Wildman–Crippen LogP) is 5.27. The maximum absolute atomic E-state index is 13.4. The molecule has 2 aromatic carbocycles. The summed E-state index contributed by atoms with van der Waals surface area (Å²) in [6, 6.07) is 9.44. The highest BCUT2D eigenvalue weighted by Gasteiger charge is 2.34. The van der Waals surface area contributed by atoms with Gasteiger partial charge < -0.3 is 10.2 Å². The molecule has 1 aliphatic rings. The van der Waals surface area contributed by atoms with E-state index in [-0.39, 0.29) is 16.1 Å². The number of hydrogen-bond donors (Lipinski definition) is 1. The SMILES string of the molecule is Cc1cccc(-c2c(Br)cc(C(F)(F)F)cc2C(=O)N(C)C2CCNCC2)c1. The summed E-state index contributed by atoms with van der Waals surface area (Å²) in [4.78, 5) is 14.9. The Morgan fingerprint density at radius 2 is 1.86 bits per heavy atom. The lowest BCUT2D eigenvalue weighted by Crippen LogP contribution is -2.44. The summed E-state index contributed by atoms with van der Waals surface area (Å²) in [6.07, 6.45) is -2.97. The topological polar surface area (TPSA) is 32.3 Å². The van der Waals surface area contributed by atoms with Crippen LogP contribution in [0.4, 0.5) is 13.2 Å². The average molecular weight is 455 g/mol. The zero-order valence-corrected chi connectivity index (χ0v) is 17.3. The second-order valence-corrected chi connectivity index (χ2v) is 8.00. The van der Waals surface area contributed by atoms with E-state index in [4.69, 9.17) is 0 Å². The van der Waals surface area contributed by atoms with Crippen molar-refractivity contribution in [2.24, 2.45) is 0 Å². The first-order valence-corrected chi connectivity index (χ1v) is 9.93. The molecule has 0 saturated carbocycles. The number of alkyl halides is 3. The van der Waals surface area contributed by atoms with Crippen LogP contribution in [0, 0.1) is 6.92 Å². The molecule has 0 radical (unpaired) electrons. The Balaban J connectivity index is 2.12. The third-order valence-corrected chi connectivity index (χ3v) is 5.76. The minimum Gasteiger partial charge on any atom is -0.339 e. The van der Waals surface area contributed by atoms with Crippen LogP contribution in [-0.2, 0) is 6.18 Å². The standard InChI is InChI=1S/C21H22BrF3N2O/c1-13-4-3-5-14(10-13)19-17(11-15(12-18(19)22)21(23,24)25)20(28)27(2)16-6-8-26-9-7-16/h3-5,10-12,16,26H,6-9H2,1-2H3. The molecule has 1 aliphatic heterocycles. The molecule has 1 fully saturated rings. The van der Waals surface area contributed by atoms with Gasteiger partial charge in [0.1, 0.15) is 0 Å². The van der Waals surface area contributed by atoms with E-state index < -0.39 is 17.6 Å². The van der Waals surface area contributed by atoms with Crippen molar-refractivity contribution in [1.29, 1.82) is 0 Å². The summed E-state index contributed by atoms with van der Waals surface area (Å²) < 4.78 is 40.5. The third kappa shape index (κ3) is 4.41. The van der Waals surface area contributed by atoms with Gasteiger partial charge in [0.05, 0.1) is 5.56 Å². The number of rotatable bonds is 3. The lowest BCUT2D eigenvalue weighted by molar-refractivity contribution is -0.137. The minimum absolute atomic E-state index is 0.00688. The van der Waals surface area contributed by atoms with E-state index in [1.807, 2.05) is 31.2 Å². The highest BCUT2D eigenvalue weighted by Crippen LogP contribution is 2.39. The average Bonchev–Trinajstić information content (AvgIpc) is 2.66. The molecule has 0 unspecified atom stereocenters. The number of benzene rings is 2. The first-order valence-electron chi connectivity index (χ1n) is 9.14. The van der Waals surface area contributed by atoms with Crippen LogP contribution in [-0.4, -0.2) is 37.0 Å². The van der Waals surface area contributed by atoms with Crippen molar-refractivity contribution in [3.05, 3.63) is 57.6 Å². The number of amides is 1. The minimum atomic E-state index is -4.53. The Bertz CT molecular complexity index is 876. The Morgan fingerprint density at radius 1 is 1.18 bits per heavy atom. The smallest absolute Gasteiger partial charge is 0.339 e. The first-order chi connectivity index (χ1) is 13.2. The van der Waals surface area contributed by atoms with Gasteiger partial charge in [-0.3, -0.25) is 4.79 Å². The molecule has 0 atom stereocenters. The Morgan fingerprint density at radius 3 is 2.46 bits per heavy atom. The fourth-order valence-corrected chi connectivity index (χ4v) is 4.27. The molecule has 0 aromatic heterocycles. The van der Waals surface area contributed by atoms with Gasteiger partial charge in [-0.05, 0) is 50.6 Å². The first kappa shape index (κ1) is 20.9. The third-order valence-electron chi connectivity index (χ3n) is 5.13. The van der Waals surface area contributed by atoms with E-state index in [2.05, 4.69) is 21.2 Å². The number of carbonyl (C=O) groups is 1. The summed E-state index contributed by atoms with van der Waals surface area (Å²) in [5.41, 5.74) is 1.39. The second kappa shape index (κ2) is 8.25. The maximum Gasteiger partial charge on any atom is 0.416 e. The van der Waals surface area contributed by atoms with Crippen molar-refractivity contribution in [1.82, 2.24) is 10.2 Å². The quantitative estimate of drug-likeness (QED) is 0.685. The lowest BCUT2D eigenvalue weighted by Gasteiger charge is -2.32. The van der Waals surface area contributed by atoms with Crippen LogP contribution in [0.15, 0.2) is 40.9 Å². The van der Waals surface area contributed by atoms with Gasteiger partial charge in [0, 0.05) is 28.7 Å². The van der Waals surface area contributed by atoms with Gasteiger partial charge in [-0.25, -0.2) is 0 Å². The number of nitrogens with zero attached hydrogens (tertiary/aromatic N) is 1. The molecule has 7 heteroatoms. The lowest BCUT2D eigenvalue weighted by atomic mass is 9.94. The molecule has 3 nitrogen and oxygen atoms in total. The maximum atomic E-state index is 13.4. The van der Waals surface area contributed by atoms with E-state index in [1.54, 1.807) is 11.9 Å². The molecular formula is C21H22BrF3N2O. The Kier molecular flexibility index (Phi) is 6.15. The van der Waals surface area contributed by atoms with Gasteiger partial charge in [-0.1, -0.05) is 45.8 Å². The molecule has 0 spiro atoms. The molecule has 0 bridgehead atoms. The molecule has 1 saturated heterocycles. The van der Waals surface area contributed by atoms with Gasteiger partial charge >= 0.3 is 6.18 Å². The van der Waals surface area contributed by atoms with Crippen LogP contribution in [0.2, 0.25) is 0 Å². The van der Waals surface area contributed by atoms with E-state index in [9.17, 15) is 18.0 Å². The van der Waals surface area contributed by atoms with Crippen molar-refractivity contribution >= 4 is 21.8 Å². The van der Waals surface area contributed by atoms with Crippen LogP contribution in [0.25, 0.3) is 11.1 Å². The van der Waals surface area contributed by atoms with Gasteiger partial charge in [0.15, 0.2) is 0 Å². The van der Waals surface area contributed by atoms with Gasteiger partial charge in [-0.2, -0.15) is 13.2 Å². The number of hydrogen-bond acceptors (Lipinski definition) is 2.